The van der Waals surface area contributed by atoms with Crippen LogP contribution in [0.2, 0.25) is 0 Å². The maximum absolute atomic E-state index is 6.21. The lowest BCUT2D eigenvalue weighted by Gasteiger charge is -2.56. The molecule has 0 bridgehead atoms. The Morgan fingerprint density at radius 1 is 1.30 bits per heavy atom. The number of hydrogen-bond donors (Lipinski definition) is 1. The summed E-state index contributed by atoms with van der Waals surface area (Å²) in [6.45, 7) is 2.92. The van der Waals surface area contributed by atoms with Crippen LogP contribution in [0.25, 0.3) is 0 Å². The first-order valence-corrected chi connectivity index (χ1v) is 8.35. The zero-order valence-electron chi connectivity index (χ0n) is 13.0. The largest absolute Gasteiger partial charge is 0.378 e. The molecule has 3 aliphatic carbocycles. The van der Waals surface area contributed by atoms with Crippen LogP contribution in [-0.2, 0) is 4.74 Å². The third kappa shape index (κ3) is 2.43. The van der Waals surface area contributed by atoms with Crippen LogP contribution >= 0.6 is 0 Å². The molecule has 4 nitrogen and oxygen atoms in total. The maximum atomic E-state index is 6.21. The van der Waals surface area contributed by atoms with Gasteiger partial charge in [0.25, 0.3) is 0 Å². The lowest BCUT2D eigenvalue weighted by Crippen LogP contribution is -2.59. The van der Waals surface area contributed by atoms with Gasteiger partial charge < -0.3 is 15.4 Å². The summed E-state index contributed by atoms with van der Waals surface area (Å²) in [4.78, 5) is 7.06. The molecule has 0 aliphatic heterocycles. The number of ether oxygens (including phenoxy) is 1. The first kappa shape index (κ1) is 14.2. The fourth-order valence-corrected chi connectivity index (χ4v) is 4.11. The number of nitrogens with zero attached hydrogens (tertiary/aromatic N) is 2. The van der Waals surface area contributed by atoms with E-state index in [0.717, 1.165) is 19.0 Å². The fraction of sp³-hybridized carbons (Fsp3) is 0.938. The summed E-state index contributed by atoms with van der Waals surface area (Å²) in [7, 11) is 2.09. The third-order valence-electron chi connectivity index (χ3n) is 5.64. The van der Waals surface area contributed by atoms with Crippen molar-refractivity contribution < 1.29 is 4.74 Å². The number of aliphatic imine (C=N–C) groups is 1. The summed E-state index contributed by atoms with van der Waals surface area (Å²) in [6.07, 6.45) is 10.6. The molecule has 0 saturated heterocycles. The molecule has 114 valence electrons. The number of guanidine groups is 1. The van der Waals surface area contributed by atoms with Crippen LogP contribution in [0.5, 0.6) is 0 Å². The predicted octanol–water partition coefficient (Wildman–Crippen LogP) is 2.52. The van der Waals surface area contributed by atoms with E-state index < -0.39 is 0 Å². The minimum absolute atomic E-state index is 0.295. The average molecular weight is 279 g/mol. The van der Waals surface area contributed by atoms with Crippen LogP contribution in [0.4, 0.5) is 0 Å². The molecule has 2 N–H and O–H groups in total. The Hall–Kier alpha value is -0.770. The summed E-state index contributed by atoms with van der Waals surface area (Å²) in [5.41, 5.74) is 6.51. The van der Waals surface area contributed by atoms with Crippen LogP contribution < -0.4 is 5.73 Å². The van der Waals surface area contributed by atoms with Crippen molar-refractivity contribution in [3.05, 3.63) is 0 Å². The zero-order chi connectivity index (χ0) is 14.2. The normalized spacial score (nSPS) is 33.0. The Labute approximate surface area is 122 Å². The molecule has 2 unspecified atom stereocenters. The Morgan fingerprint density at radius 2 is 2.00 bits per heavy atom. The molecule has 3 saturated carbocycles. The standard InChI is InChI=1S/C16H29N3O/c1-3-20-14-11-13(16(14)9-5-4-6-10-16)18-15(17)19(2)12-7-8-12/h12-14H,3-11H2,1-2H3,(H2,17,18). The van der Waals surface area contributed by atoms with Gasteiger partial charge in [-0.15, -0.1) is 0 Å². The highest BCUT2D eigenvalue weighted by molar-refractivity contribution is 5.78. The van der Waals surface area contributed by atoms with Gasteiger partial charge in [-0.1, -0.05) is 19.3 Å². The first-order chi connectivity index (χ1) is 9.67. The molecule has 20 heavy (non-hydrogen) atoms. The van der Waals surface area contributed by atoms with Gasteiger partial charge in [-0.25, -0.2) is 4.99 Å². The molecule has 4 heteroatoms. The minimum atomic E-state index is 0.295. The van der Waals surface area contributed by atoms with Gasteiger partial charge in [0.2, 0.25) is 0 Å². The Kier molecular flexibility index (Phi) is 3.93. The van der Waals surface area contributed by atoms with E-state index in [1.807, 2.05) is 0 Å². The smallest absolute Gasteiger partial charge is 0.191 e. The van der Waals surface area contributed by atoms with Crippen molar-refractivity contribution >= 4 is 5.96 Å². The second kappa shape index (κ2) is 5.55. The van der Waals surface area contributed by atoms with Crippen LogP contribution in [0.15, 0.2) is 4.99 Å². The lowest BCUT2D eigenvalue weighted by atomic mass is 9.55. The molecule has 0 heterocycles. The van der Waals surface area contributed by atoms with Gasteiger partial charge in [-0.3, -0.25) is 0 Å². The lowest BCUT2D eigenvalue weighted by molar-refractivity contribution is -0.139. The molecule has 0 radical (unpaired) electrons. The van der Waals surface area contributed by atoms with E-state index in [1.54, 1.807) is 0 Å². The van der Waals surface area contributed by atoms with Crippen LogP contribution in [-0.4, -0.2) is 42.7 Å². The molecule has 1 spiro atoms. The van der Waals surface area contributed by atoms with Gasteiger partial charge >= 0.3 is 0 Å². The van der Waals surface area contributed by atoms with Crippen LogP contribution in [0.1, 0.15) is 58.3 Å². The average Bonchev–Trinajstić information content (AvgIpc) is 3.30. The summed E-state index contributed by atoms with van der Waals surface area (Å²) in [5.74, 6) is 0.748. The van der Waals surface area contributed by atoms with Crippen molar-refractivity contribution in [2.24, 2.45) is 16.1 Å². The van der Waals surface area contributed by atoms with Crippen molar-refractivity contribution in [1.29, 1.82) is 0 Å². The van der Waals surface area contributed by atoms with Crippen molar-refractivity contribution in [2.75, 3.05) is 13.7 Å². The summed E-state index contributed by atoms with van der Waals surface area (Å²) in [6, 6.07) is 1.03. The quantitative estimate of drug-likeness (QED) is 0.635. The highest BCUT2D eigenvalue weighted by atomic mass is 16.5. The molecule has 0 aromatic heterocycles. The van der Waals surface area contributed by atoms with E-state index in [-0.39, 0.29) is 0 Å². The molecule has 0 aromatic rings. The van der Waals surface area contributed by atoms with Crippen LogP contribution in [0.3, 0.4) is 0 Å². The van der Waals surface area contributed by atoms with Crippen molar-refractivity contribution in [3.8, 4) is 0 Å². The van der Waals surface area contributed by atoms with Gasteiger partial charge in [-0.2, -0.15) is 0 Å². The molecule has 0 aromatic carbocycles. The molecule has 0 amide bonds. The van der Waals surface area contributed by atoms with Crippen molar-refractivity contribution in [3.63, 3.8) is 0 Å². The number of rotatable bonds is 4. The van der Waals surface area contributed by atoms with Gasteiger partial charge in [0, 0.05) is 25.1 Å². The number of nitrogens with two attached hydrogens (primary N) is 1. The highest BCUT2D eigenvalue weighted by Crippen LogP contribution is 2.54. The monoisotopic (exact) mass is 279 g/mol. The molecule has 3 fully saturated rings. The first-order valence-electron chi connectivity index (χ1n) is 8.35. The van der Waals surface area contributed by atoms with Gasteiger partial charge in [0.1, 0.15) is 0 Å². The molecule has 2 atom stereocenters. The van der Waals surface area contributed by atoms with Gasteiger partial charge in [-0.05, 0) is 39.0 Å². The fourth-order valence-electron chi connectivity index (χ4n) is 4.11. The number of hydrogen-bond acceptors (Lipinski definition) is 2. The molecular formula is C16H29N3O. The summed E-state index contributed by atoms with van der Waals surface area (Å²) >= 11 is 0. The highest BCUT2D eigenvalue weighted by Gasteiger charge is 2.56. The minimum Gasteiger partial charge on any atom is -0.378 e. The molecule has 3 rings (SSSR count). The van der Waals surface area contributed by atoms with Gasteiger partial charge in [0.05, 0.1) is 12.1 Å². The van der Waals surface area contributed by atoms with Crippen molar-refractivity contribution in [1.82, 2.24) is 4.90 Å². The Morgan fingerprint density at radius 3 is 2.60 bits per heavy atom. The zero-order valence-corrected chi connectivity index (χ0v) is 13.0. The summed E-state index contributed by atoms with van der Waals surface area (Å²) < 4.78 is 5.98. The maximum Gasteiger partial charge on any atom is 0.191 e. The van der Waals surface area contributed by atoms with Crippen LogP contribution in [0, 0.1) is 5.41 Å². The van der Waals surface area contributed by atoms with Gasteiger partial charge in [0.15, 0.2) is 5.96 Å². The van der Waals surface area contributed by atoms with E-state index in [4.69, 9.17) is 15.5 Å². The topological polar surface area (TPSA) is 50.9 Å². The third-order valence-corrected chi connectivity index (χ3v) is 5.64. The van der Waals surface area contributed by atoms with Crippen molar-refractivity contribution in [2.45, 2.75) is 76.5 Å². The van der Waals surface area contributed by atoms with E-state index in [2.05, 4.69) is 18.9 Å². The predicted molar refractivity (Wildman–Crippen MR) is 81.7 cm³/mol. The Balaban J connectivity index is 1.70. The SMILES string of the molecule is CCOC1CC(N=C(N)N(C)C2CC2)C12CCCCC2. The second-order valence-corrected chi connectivity index (χ2v) is 6.82. The second-order valence-electron chi connectivity index (χ2n) is 6.82. The van der Waals surface area contributed by atoms with E-state index in [0.29, 0.717) is 23.6 Å². The Bertz CT molecular complexity index is 372. The molecular weight excluding hydrogens is 250 g/mol. The van der Waals surface area contributed by atoms with E-state index >= 15 is 0 Å². The van der Waals surface area contributed by atoms with E-state index in [1.165, 1.54) is 44.9 Å². The molecule has 3 aliphatic rings. The summed E-state index contributed by atoms with van der Waals surface area (Å²) in [5, 5.41) is 0. The van der Waals surface area contributed by atoms with E-state index in [9.17, 15) is 0 Å².